The third-order valence-corrected chi connectivity index (χ3v) is 6.06. The predicted octanol–water partition coefficient (Wildman–Crippen LogP) is 5.52. The number of hydrogen-bond acceptors (Lipinski definition) is 6. The molecule has 2 aromatic carbocycles. The summed E-state index contributed by atoms with van der Waals surface area (Å²) >= 11 is 4.17. The number of halogens is 3. The van der Waals surface area contributed by atoms with Crippen LogP contribution in [0.1, 0.15) is 18.3 Å². The Morgan fingerprint density at radius 1 is 1.24 bits per heavy atom. The number of thioether (sulfide) groups is 1. The number of allylic oxidation sites excluding steroid dienone is 1. The summed E-state index contributed by atoms with van der Waals surface area (Å²) in [7, 11) is 0. The van der Waals surface area contributed by atoms with Crippen LogP contribution in [-0.4, -0.2) is 33.0 Å². The Morgan fingerprint density at radius 2 is 2.03 bits per heavy atom. The van der Waals surface area contributed by atoms with Crippen molar-refractivity contribution in [2.75, 3.05) is 17.7 Å². The predicted molar refractivity (Wildman–Crippen MR) is 130 cm³/mol. The van der Waals surface area contributed by atoms with Gasteiger partial charge in [0, 0.05) is 17.1 Å². The molecule has 11 heteroatoms. The number of rotatable bonds is 11. The third-order valence-electron chi connectivity index (χ3n) is 4.46. The fraction of sp³-hybridized carbons (Fsp3) is 0.261. The highest BCUT2D eigenvalue weighted by atomic mass is 79.9. The van der Waals surface area contributed by atoms with E-state index in [9.17, 15) is 13.6 Å². The number of aryl methyl sites for hydroxylation is 1. The standard InChI is InChI=1S/C23H23BrF2N4O3S/c1-4-8-30-20(12-33-18-7-6-14(3)9-19(18)32-5-2)28-29-23(30)34-13-21(31)27-22-16(24)10-15(25)11-17(22)26/h4,6-7,9-11H,1,5,8,12-13H2,2-3H3,(H,27,31). The molecule has 1 heterocycles. The zero-order chi connectivity index (χ0) is 24.7. The molecule has 0 aliphatic rings. The van der Waals surface area contributed by atoms with Crippen LogP contribution in [0.15, 0.2) is 52.6 Å². The number of nitrogens with one attached hydrogen (secondary N) is 1. The summed E-state index contributed by atoms with van der Waals surface area (Å²) in [6, 6.07) is 7.43. The minimum Gasteiger partial charge on any atom is -0.490 e. The SMILES string of the molecule is C=CCn1c(COc2ccc(C)cc2OCC)nnc1SCC(=O)Nc1c(F)cc(F)cc1Br. The van der Waals surface area contributed by atoms with Crippen LogP contribution in [0.3, 0.4) is 0 Å². The molecule has 0 saturated heterocycles. The van der Waals surface area contributed by atoms with Crippen LogP contribution in [0.25, 0.3) is 0 Å². The highest BCUT2D eigenvalue weighted by Crippen LogP contribution is 2.30. The molecule has 0 spiro atoms. The second-order valence-electron chi connectivity index (χ2n) is 7.05. The Kier molecular flexibility index (Phi) is 9.05. The molecule has 0 unspecified atom stereocenters. The van der Waals surface area contributed by atoms with Crippen LogP contribution in [0, 0.1) is 18.6 Å². The summed E-state index contributed by atoms with van der Waals surface area (Å²) in [4.78, 5) is 12.4. The van der Waals surface area contributed by atoms with Crippen molar-refractivity contribution in [3.05, 3.63) is 70.5 Å². The monoisotopic (exact) mass is 552 g/mol. The number of anilines is 1. The van der Waals surface area contributed by atoms with Crippen molar-refractivity contribution in [3.63, 3.8) is 0 Å². The lowest BCUT2D eigenvalue weighted by Gasteiger charge is -2.13. The minimum atomic E-state index is -0.873. The molecule has 1 aromatic heterocycles. The van der Waals surface area contributed by atoms with E-state index in [1.807, 2.05) is 32.0 Å². The molecule has 0 bridgehead atoms. The van der Waals surface area contributed by atoms with Gasteiger partial charge in [-0.3, -0.25) is 9.36 Å². The Morgan fingerprint density at radius 3 is 2.74 bits per heavy atom. The maximum Gasteiger partial charge on any atom is 0.234 e. The Bertz CT molecular complexity index is 1170. The van der Waals surface area contributed by atoms with Gasteiger partial charge >= 0.3 is 0 Å². The molecule has 3 aromatic rings. The molecule has 7 nitrogen and oxygen atoms in total. The van der Waals surface area contributed by atoms with Gasteiger partial charge in [-0.1, -0.05) is 23.9 Å². The van der Waals surface area contributed by atoms with Crippen LogP contribution in [0.5, 0.6) is 11.5 Å². The van der Waals surface area contributed by atoms with E-state index in [1.165, 1.54) is 0 Å². The molecule has 3 rings (SSSR count). The van der Waals surface area contributed by atoms with Gasteiger partial charge < -0.3 is 14.8 Å². The van der Waals surface area contributed by atoms with Crippen LogP contribution in [-0.2, 0) is 17.9 Å². The van der Waals surface area contributed by atoms with Gasteiger partial charge in [0.1, 0.15) is 12.4 Å². The number of nitrogens with zero attached hydrogens (tertiary/aromatic N) is 3. The van der Waals surface area contributed by atoms with E-state index in [0.29, 0.717) is 41.7 Å². The molecular formula is C23H23BrF2N4O3S. The van der Waals surface area contributed by atoms with Gasteiger partial charge in [-0.15, -0.1) is 16.8 Å². The first-order chi connectivity index (χ1) is 16.3. The van der Waals surface area contributed by atoms with E-state index in [-0.39, 0.29) is 22.5 Å². The maximum absolute atomic E-state index is 14.0. The van der Waals surface area contributed by atoms with E-state index in [1.54, 1.807) is 10.6 Å². The number of hydrogen-bond donors (Lipinski definition) is 1. The first kappa shape index (κ1) is 25.7. The lowest BCUT2D eigenvalue weighted by molar-refractivity contribution is -0.113. The molecular weight excluding hydrogens is 530 g/mol. The normalized spacial score (nSPS) is 10.7. The Balaban J connectivity index is 1.67. The quantitative estimate of drug-likeness (QED) is 0.249. The highest BCUT2D eigenvalue weighted by molar-refractivity contribution is 9.10. The van der Waals surface area contributed by atoms with Crippen molar-refractivity contribution in [1.29, 1.82) is 0 Å². The summed E-state index contributed by atoms with van der Waals surface area (Å²) in [5, 5.41) is 11.2. The molecule has 34 heavy (non-hydrogen) atoms. The molecule has 1 N–H and O–H groups in total. The number of aromatic nitrogens is 3. The van der Waals surface area contributed by atoms with Gasteiger partial charge in [-0.25, -0.2) is 8.78 Å². The molecule has 0 fully saturated rings. The summed E-state index contributed by atoms with van der Waals surface area (Å²) in [5.74, 6) is -0.401. The van der Waals surface area contributed by atoms with E-state index in [4.69, 9.17) is 9.47 Å². The molecule has 1 amide bonds. The van der Waals surface area contributed by atoms with Crippen LogP contribution < -0.4 is 14.8 Å². The van der Waals surface area contributed by atoms with Crippen LogP contribution in [0.2, 0.25) is 0 Å². The number of carbonyl (C=O) groups is 1. The smallest absolute Gasteiger partial charge is 0.234 e. The Hall–Kier alpha value is -2.92. The maximum atomic E-state index is 14.0. The third kappa shape index (κ3) is 6.57. The molecule has 0 aliphatic heterocycles. The summed E-state index contributed by atoms with van der Waals surface area (Å²) < 4.78 is 40.7. The Labute approximate surface area is 208 Å². The lowest BCUT2D eigenvalue weighted by Crippen LogP contribution is -2.16. The van der Waals surface area contributed by atoms with Gasteiger partial charge in [-0.2, -0.15) is 0 Å². The average molecular weight is 553 g/mol. The van der Waals surface area contributed by atoms with Gasteiger partial charge in [0.25, 0.3) is 0 Å². The van der Waals surface area contributed by atoms with Crippen LogP contribution in [0.4, 0.5) is 14.5 Å². The van der Waals surface area contributed by atoms with Gasteiger partial charge in [-0.05, 0) is 53.5 Å². The van der Waals surface area contributed by atoms with Gasteiger partial charge in [0.15, 0.2) is 28.3 Å². The number of ether oxygens (including phenoxy) is 2. The lowest BCUT2D eigenvalue weighted by atomic mass is 10.2. The number of benzene rings is 2. The second kappa shape index (κ2) is 12.0. The molecule has 0 saturated carbocycles. The van der Waals surface area contributed by atoms with Crippen molar-refractivity contribution >= 4 is 39.3 Å². The van der Waals surface area contributed by atoms with Crippen molar-refractivity contribution < 1.29 is 23.0 Å². The second-order valence-corrected chi connectivity index (χ2v) is 8.85. The first-order valence-corrected chi connectivity index (χ1v) is 12.1. The molecule has 180 valence electrons. The molecule has 0 radical (unpaired) electrons. The number of carbonyl (C=O) groups excluding carboxylic acids is 1. The molecule has 0 atom stereocenters. The summed E-state index contributed by atoms with van der Waals surface area (Å²) in [6.07, 6.45) is 1.68. The number of amides is 1. The fourth-order valence-electron chi connectivity index (χ4n) is 2.96. The van der Waals surface area contributed by atoms with E-state index >= 15 is 0 Å². The summed E-state index contributed by atoms with van der Waals surface area (Å²) in [6.45, 7) is 8.66. The fourth-order valence-corrected chi connectivity index (χ4v) is 4.23. The summed E-state index contributed by atoms with van der Waals surface area (Å²) in [5.41, 5.74) is 0.923. The zero-order valence-corrected chi connectivity index (χ0v) is 21.0. The minimum absolute atomic E-state index is 0.0637. The zero-order valence-electron chi connectivity index (χ0n) is 18.6. The van der Waals surface area contributed by atoms with Crippen molar-refractivity contribution in [2.45, 2.75) is 32.2 Å². The van der Waals surface area contributed by atoms with Crippen molar-refractivity contribution in [3.8, 4) is 11.5 Å². The average Bonchev–Trinajstić information content (AvgIpc) is 3.16. The topological polar surface area (TPSA) is 78.3 Å². The van der Waals surface area contributed by atoms with Gasteiger partial charge in [0.05, 0.1) is 18.0 Å². The van der Waals surface area contributed by atoms with Crippen molar-refractivity contribution in [1.82, 2.24) is 14.8 Å². The van der Waals surface area contributed by atoms with Crippen molar-refractivity contribution in [2.24, 2.45) is 0 Å². The van der Waals surface area contributed by atoms with E-state index < -0.39 is 17.5 Å². The van der Waals surface area contributed by atoms with E-state index in [2.05, 4.69) is 38.0 Å². The van der Waals surface area contributed by atoms with Crippen LogP contribution >= 0.6 is 27.7 Å². The largest absolute Gasteiger partial charge is 0.490 e. The van der Waals surface area contributed by atoms with E-state index in [0.717, 1.165) is 23.4 Å². The molecule has 0 aliphatic carbocycles. The first-order valence-electron chi connectivity index (χ1n) is 10.3. The highest BCUT2D eigenvalue weighted by Gasteiger charge is 2.17. The van der Waals surface area contributed by atoms with Gasteiger partial charge in [0.2, 0.25) is 5.91 Å².